The summed E-state index contributed by atoms with van der Waals surface area (Å²) in [7, 11) is 0. The highest BCUT2D eigenvalue weighted by atomic mass is 35.5. The van der Waals surface area contributed by atoms with Gasteiger partial charge in [-0.2, -0.15) is 0 Å². The number of carbonyl (C=O) groups excluding carboxylic acids is 1. The molecule has 0 aromatic heterocycles. The van der Waals surface area contributed by atoms with E-state index in [0.717, 1.165) is 18.5 Å². The van der Waals surface area contributed by atoms with Gasteiger partial charge in [0.1, 0.15) is 0 Å². The van der Waals surface area contributed by atoms with E-state index in [1.807, 2.05) is 4.90 Å². The molecular weight excluding hydrogens is 272 g/mol. The Kier molecular flexibility index (Phi) is 6.03. The van der Waals surface area contributed by atoms with Crippen molar-refractivity contribution in [2.75, 3.05) is 13.1 Å². The van der Waals surface area contributed by atoms with Crippen LogP contribution in [0.15, 0.2) is 18.2 Å². The Labute approximate surface area is 127 Å². The predicted octanol–water partition coefficient (Wildman–Crippen LogP) is 2.46. The van der Waals surface area contributed by atoms with Crippen molar-refractivity contribution < 1.29 is 4.79 Å². The summed E-state index contributed by atoms with van der Waals surface area (Å²) in [5.41, 5.74) is 9.27. The van der Waals surface area contributed by atoms with Gasteiger partial charge >= 0.3 is 0 Å². The zero-order chi connectivity index (χ0) is 14.0. The Morgan fingerprint density at radius 3 is 2.70 bits per heavy atom. The molecule has 1 amide bonds. The molecule has 0 spiro atoms. The fraction of sp³-hybridized carbons (Fsp3) is 0.562. The Morgan fingerprint density at radius 1 is 1.40 bits per heavy atom. The number of halogens is 1. The smallest absolute Gasteiger partial charge is 0.227 e. The zero-order valence-corrected chi connectivity index (χ0v) is 13.4. The van der Waals surface area contributed by atoms with Crippen LogP contribution in [0.5, 0.6) is 0 Å². The minimum atomic E-state index is 0. The number of likely N-dealkylation sites (tertiary alicyclic amines) is 1. The molecule has 2 atom stereocenters. The number of rotatable bonds is 3. The molecule has 1 saturated heterocycles. The van der Waals surface area contributed by atoms with Gasteiger partial charge in [0, 0.05) is 12.6 Å². The average Bonchev–Trinajstić information content (AvgIpc) is 2.75. The maximum atomic E-state index is 12.4. The normalized spacial score (nSPS) is 21.7. The highest BCUT2D eigenvalue weighted by molar-refractivity contribution is 5.85. The second kappa shape index (κ2) is 7.09. The lowest BCUT2D eigenvalue weighted by atomic mass is 10.0. The number of amides is 1. The summed E-state index contributed by atoms with van der Waals surface area (Å²) in [5.74, 6) is 0.703. The lowest BCUT2D eigenvalue weighted by molar-refractivity contribution is -0.131. The van der Waals surface area contributed by atoms with Crippen molar-refractivity contribution in [2.45, 2.75) is 39.7 Å². The molecule has 2 unspecified atom stereocenters. The fourth-order valence-corrected chi connectivity index (χ4v) is 2.92. The van der Waals surface area contributed by atoms with Crippen molar-refractivity contribution in [1.82, 2.24) is 4.90 Å². The first-order chi connectivity index (χ1) is 9.01. The van der Waals surface area contributed by atoms with E-state index < -0.39 is 0 Å². The molecule has 4 heteroatoms. The molecule has 112 valence electrons. The van der Waals surface area contributed by atoms with E-state index in [0.29, 0.717) is 24.9 Å². The molecule has 1 aromatic rings. The lowest BCUT2D eigenvalue weighted by Crippen LogP contribution is -2.35. The van der Waals surface area contributed by atoms with Gasteiger partial charge in [-0.3, -0.25) is 4.79 Å². The third kappa shape index (κ3) is 3.74. The molecule has 1 aliphatic rings. The maximum Gasteiger partial charge on any atom is 0.227 e. The van der Waals surface area contributed by atoms with E-state index in [2.05, 4.69) is 39.0 Å². The Morgan fingerprint density at radius 2 is 2.10 bits per heavy atom. The van der Waals surface area contributed by atoms with E-state index in [1.165, 1.54) is 11.1 Å². The van der Waals surface area contributed by atoms with Gasteiger partial charge in [-0.15, -0.1) is 12.4 Å². The van der Waals surface area contributed by atoms with Gasteiger partial charge in [-0.05, 0) is 50.8 Å². The molecule has 1 aromatic carbocycles. The molecule has 1 fully saturated rings. The van der Waals surface area contributed by atoms with E-state index in [1.54, 1.807) is 0 Å². The molecule has 2 rings (SSSR count). The number of hydrogen-bond acceptors (Lipinski definition) is 2. The summed E-state index contributed by atoms with van der Waals surface area (Å²) in [4.78, 5) is 14.4. The second-order valence-corrected chi connectivity index (χ2v) is 5.84. The fourth-order valence-electron chi connectivity index (χ4n) is 2.92. The van der Waals surface area contributed by atoms with Crippen LogP contribution in [0.2, 0.25) is 0 Å². The van der Waals surface area contributed by atoms with E-state index in [4.69, 9.17) is 5.73 Å². The van der Waals surface area contributed by atoms with Crippen LogP contribution in [0.1, 0.15) is 30.0 Å². The third-order valence-electron chi connectivity index (χ3n) is 4.16. The third-order valence-corrected chi connectivity index (χ3v) is 4.16. The highest BCUT2D eigenvalue weighted by Gasteiger charge is 2.31. The van der Waals surface area contributed by atoms with Gasteiger partial charge in [-0.25, -0.2) is 0 Å². The molecule has 3 nitrogen and oxygen atoms in total. The van der Waals surface area contributed by atoms with Crippen molar-refractivity contribution in [3.8, 4) is 0 Å². The molecule has 1 aliphatic heterocycles. The lowest BCUT2D eigenvalue weighted by Gasteiger charge is -2.22. The highest BCUT2D eigenvalue weighted by Crippen LogP contribution is 2.23. The van der Waals surface area contributed by atoms with Crippen molar-refractivity contribution in [3.05, 3.63) is 34.9 Å². The van der Waals surface area contributed by atoms with Crippen LogP contribution < -0.4 is 5.73 Å². The predicted molar refractivity (Wildman–Crippen MR) is 85.2 cm³/mol. The van der Waals surface area contributed by atoms with E-state index >= 15 is 0 Å². The minimum Gasteiger partial charge on any atom is -0.339 e. The molecule has 20 heavy (non-hydrogen) atoms. The molecule has 1 heterocycles. The molecular formula is C16H25ClN2O. The van der Waals surface area contributed by atoms with Crippen LogP contribution >= 0.6 is 12.4 Å². The largest absolute Gasteiger partial charge is 0.339 e. The monoisotopic (exact) mass is 296 g/mol. The van der Waals surface area contributed by atoms with Gasteiger partial charge < -0.3 is 10.6 Å². The van der Waals surface area contributed by atoms with E-state index in [-0.39, 0.29) is 18.3 Å². The molecule has 0 saturated carbocycles. The molecule has 2 N–H and O–H groups in total. The Hall–Kier alpha value is -1.06. The summed E-state index contributed by atoms with van der Waals surface area (Å²) in [6.45, 7) is 7.75. The first kappa shape index (κ1) is 17.0. The van der Waals surface area contributed by atoms with Gasteiger partial charge in [0.25, 0.3) is 0 Å². The summed E-state index contributed by atoms with van der Waals surface area (Å²) in [6, 6.07) is 6.63. The van der Waals surface area contributed by atoms with Crippen LogP contribution in [-0.4, -0.2) is 29.9 Å². The average molecular weight is 297 g/mol. The summed E-state index contributed by atoms with van der Waals surface area (Å²) in [6.07, 6.45) is 1.55. The SMILES string of the molecule is Cc1ccc(C)c(CC(=O)N2CC(CN)CC2C)c1.Cl. The van der Waals surface area contributed by atoms with E-state index in [9.17, 15) is 4.79 Å². The van der Waals surface area contributed by atoms with Crippen molar-refractivity contribution in [2.24, 2.45) is 11.7 Å². The number of nitrogens with zero attached hydrogens (tertiary/aromatic N) is 1. The van der Waals surface area contributed by atoms with Gasteiger partial charge in [-0.1, -0.05) is 23.8 Å². The standard InChI is InChI=1S/C16H24N2O.ClH/c1-11-4-5-12(2)15(6-11)8-16(19)18-10-14(9-17)7-13(18)3;/h4-6,13-14H,7-10,17H2,1-3H3;1H. The summed E-state index contributed by atoms with van der Waals surface area (Å²) in [5, 5.41) is 0. The summed E-state index contributed by atoms with van der Waals surface area (Å²) < 4.78 is 0. The Balaban J connectivity index is 0.00000200. The first-order valence-electron chi connectivity index (χ1n) is 7.07. The molecule has 0 bridgehead atoms. The topological polar surface area (TPSA) is 46.3 Å². The van der Waals surface area contributed by atoms with Crippen LogP contribution in [0.3, 0.4) is 0 Å². The zero-order valence-electron chi connectivity index (χ0n) is 12.6. The quantitative estimate of drug-likeness (QED) is 0.931. The second-order valence-electron chi connectivity index (χ2n) is 5.84. The van der Waals surface area contributed by atoms with Crippen molar-refractivity contribution in [1.29, 1.82) is 0 Å². The first-order valence-corrected chi connectivity index (χ1v) is 7.07. The van der Waals surface area contributed by atoms with Crippen LogP contribution in [0, 0.1) is 19.8 Å². The molecule has 0 radical (unpaired) electrons. The number of nitrogens with two attached hydrogens (primary N) is 1. The van der Waals surface area contributed by atoms with Gasteiger partial charge in [0.2, 0.25) is 5.91 Å². The molecule has 0 aliphatic carbocycles. The van der Waals surface area contributed by atoms with Crippen LogP contribution in [0.4, 0.5) is 0 Å². The van der Waals surface area contributed by atoms with Crippen molar-refractivity contribution in [3.63, 3.8) is 0 Å². The summed E-state index contributed by atoms with van der Waals surface area (Å²) >= 11 is 0. The number of carbonyl (C=O) groups is 1. The maximum absolute atomic E-state index is 12.4. The Bertz CT molecular complexity index is 476. The number of hydrogen-bond donors (Lipinski definition) is 1. The number of benzene rings is 1. The van der Waals surface area contributed by atoms with Gasteiger partial charge in [0.05, 0.1) is 6.42 Å². The van der Waals surface area contributed by atoms with Gasteiger partial charge in [0.15, 0.2) is 0 Å². The van der Waals surface area contributed by atoms with Crippen molar-refractivity contribution >= 4 is 18.3 Å². The number of aryl methyl sites for hydroxylation is 2. The minimum absolute atomic E-state index is 0. The van der Waals surface area contributed by atoms with Crippen LogP contribution in [-0.2, 0) is 11.2 Å². The van der Waals surface area contributed by atoms with Crippen LogP contribution in [0.25, 0.3) is 0 Å².